The van der Waals surface area contributed by atoms with Crippen molar-refractivity contribution >= 4 is 44.7 Å². The highest BCUT2D eigenvalue weighted by atomic mass is 35.5. The SMILES string of the molecule is ClCc1ccc2c(ccc3ccccc32)c1CCl. The normalized spacial score (nSPS) is 11.2. The Morgan fingerprint density at radius 3 is 2.22 bits per heavy atom. The van der Waals surface area contributed by atoms with Crippen molar-refractivity contribution in [2.75, 3.05) is 0 Å². The van der Waals surface area contributed by atoms with E-state index in [4.69, 9.17) is 23.2 Å². The third kappa shape index (κ3) is 1.77. The van der Waals surface area contributed by atoms with Gasteiger partial charge in [-0.1, -0.05) is 48.5 Å². The Morgan fingerprint density at radius 2 is 1.44 bits per heavy atom. The molecule has 3 aromatic carbocycles. The summed E-state index contributed by atoms with van der Waals surface area (Å²) in [5.74, 6) is 1.00. The Labute approximate surface area is 116 Å². The van der Waals surface area contributed by atoms with Crippen molar-refractivity contribution in [3.63, 3.8) is 0 Å². The smallest absolute Gasteiger partial charge is 0.0483 e. The molecule has 0 aliphatic rings. The number of halogens is 2. The van der Waals surface area contributed by atoms with Gasteiger partial charge in [-0.05, 0) is 32.7 Å². The monoisotopic (exact) mass is 274 g/mol. The minimum atomic E-state index is 0.498. The second-order valence-electron chi connectivity index (χ2n) is 4.35. The van der Waals surface area contributed by atoms with Gasteiger partial charge in [0.2, 0.25) is 0 Å². The molecule has 0 saturated heterocycles. The lowest BCUT2D eigenvalue weighted by atomic mass is 9.96. The lowest BCUT2D eigenvalue weighted by molar-refractivity contribution is 1.30. The molecule has 2 heteroatoms. The Bertz CT molecular complexity index is 717. The van der Waals surface area contributed by atoms with Crippen molar-refractivity contribution in [2.24, 2.45) is 0 Å². The summed E-state index contributed by atoms with van der Waals surface area (Å²) in [5, 5.41) is 4.98. The number of hydrogen-bond donors (Lipinski definition) is 0. The fraction of sp³-hybridized carbons (Fsp3) is 0.125. The molecule has 0 N–H and O–H groups in total. The molecule has 0 heterocycles. The zero-order chi connectivity index (χ0) is 12.5. The number of alkyl halides is 2. The molecule has 3 aromatic rings. The fourth-order valence-corrected chi connectivity index (χ4v) is 3.04. The number of benzene rings is 3. The van der Waals surface area contributed by atoms with Crippen molar-refractivity contribution in [1.29, 1.82) is 0 Å². The predicted molar refractivity (Wildman–Crippen MR) is 80.6 cm³/mol. The number of rotatable bonds is 2. The van der Waals surface area contributed by atoms with E-state index in [0.717, 1.165) is 11.1 Å². The van der Waals surface area contributed by atoms with E-state index in [-0.39, 0.29) is 0 Å². The Kier molecular flexibility index (Phi) is 3.15. The van der Waals surface area contributed by atoms with Crippen LogP contribution in [0.4, 0.5) is 0 Å². The average molecular weight is 275 g/mol. The molecule has 0 nitrogen and oxygen atoms in total. The molecule has 0 spiro atoms. The minimum absolute atomic E-state index is 0.498. The zero-order valence-electron chi connectivity index (χ0n) is 9.79. The summed E-state index contributed by atoms with van der Waals surface area (Å²) in [5.41, 5.74) is 2.27. The van der Waals surface area contributed by atoms with Gasteiger partial charge in [0.1, 0.15) is 0 Å². The molecular formula is C16H12Cl2. The minimum Gasteiger partial charge on any atom is -0.122 e. The first-order valence-corrected chi connectivity index (χ1v) is 6.96. The quantitative estimate of drug-likeness (QED) is 0.429. The summed E-state index contributed by atoms with van der Waals surface area (Å²) in [6.45, 7) is 0. The molecular weight excluding hydrogens is 263 g/mol. The van der Waals surface area contributed by atoms with Crippen LogP contribution in [-0.2, 0) is 11.8 Å². The van der Waals surface area contributed by atoms with Crippen LogP contribution in [0.25, 0.3) is 21.5 Å². The van der Waals surface area contributed by atoms with E-state index in [1.165, 1.54) is 21.5 Å². The van der Waals surface area contributed by atoms with Crippen molar-refractivity contribution in [1.82, 2.24) is 0 Å². The Morgan fingerprint density at radius 1 is 0.667 bits per heavy atom. The van der Waals surface area contributed by atoms with Gasteiger partial charge in [0.05, 0.1) is 0 Å². The summed E-state index contributed by atoms with van der Waals surface area (Å²) in [4.78, 5) is 0. The molecule has 3 rings (SSSR count). The molecule has 0 aliphatic carbocycles. The molecule has 0 saturated carbocycles. The predicted octanol–water partition coefficient (Wildman–Crippen LogP) is 5.47. The molecule has 90 valence electrons. The third-order valence-electron chi connectivity index (χ3n) is 3.41. The van der Waals surface area contributed by atoms with E-state index < -0.39 is 0 Å². The van der Waals surface area contributed by atoms with Crippen LogP contribution in [-0.4, -0.2) is 0 Å². The summed E-state index contributed by atoms with van der Waals surface area (Å²) >= 11 is 12.1. The van der Waals surface area contributed by atoms with E-state index in [1.807, 2.05) is 0 Å². The summed E-state index contributed by atoms with van der Waals surface area (Å²) in [6.07, 6.45) is 0. The first kappa shape index (κ1) is 11.8. The topological polar surface area (TPSA) is 0 Å². The molecule has 0 fully saturated rings. The lowest BCUT2D eigenvalue weighted by Gasteiger charge is -2.11. The summed E-state index contributed by atoms with van der Waals surface area (Å²) in [7, 11) is 0. The maximum Gasteiger partial charge on any atom is 0.0483 e. The van der Waals surface area contributed by atoms with Gasteiger partial charge in [-0.25, -0.2) is 0 Å². The van der Waals surface area contributed by atoms with Crippen molar-refractivity contribution in [3.05, 3.63) is 59.7 Å². The molecule has 0 unspecified atom stereocenters. The van der Waals surface area contributed by atoms with Gasteiger partial charge in [0.25, 0.3) is 0 Å². The van der Waals surface area contributed by atoms with Crippen LogP contribution in [0.3, 0.4) is 0 Å². The maximum atomic E-state index is 6.08. The molecule has 0 aromatic heterocycles. The van der Waals surface area contributed by atoms with E-state index >= 15 is 0 Å². The van der Waals surface area contributed by atoms with E-state index in [0.29, 0.717) is 11.8 Å². The first-order chi connectivity index (χ1) is 8.85. The van der Waals surface area contributed by atoms with Gasteiger partial charge in [-0.15, -0.1) is 23.2 Å². The van der Waals surface area contributed by atoms with Crippen LogP contribution in [0.5, 0.6) is 0 Å². The average Bonchev–Trinajstić information content (AvgIpc) is 2.45. The highest BCUT2D eigenvalue weighted by Crippen LogP contribution is 2.31. The van der Waals surface area contributed by atoms with Crippen LogP contribution >= 0.6 is 23.2 Å². The largest absolute Gasteiger partial charge is 0.122 e. The standard InChI is InChI=1S/C16H12Cl2/c17-9-12-6-8-14-13-4-2-1-3-11(13)5-7-15(14)16(12)10-18/h1-8H,9-10H2. The second kappa shape index (κ2) is 4.79. The van der Waals surface area contributed by atoms with Gasteiger partial charge < -0.3 is 0 Å². The van der Waals surface area contributed by atoms with Crippen LogP contribution in [0.1, 0.15) is 11.1 Å². The molecule has 0 bridgehead atoms. The molecule has 0 aliphatic heterocycles. The van der Waals surface area contributed by atoms with Crippen LogP contribution < -0.4 is 0 Å². The lowest BCUT2D eigenvalue weighted by Crippen LogP contribution is -1.91. The van der Waals surface area contributed by atoms with Crippen LogP contribution in [0.2, 0.25) is 0 Å². The first-order valence-electron chi connectivity index (χ1n) is 5.89. The summed E-state index contributed by atoms with van der Waals surface area (Å²) < 4.78 is 0. The van der Waals surface area contributed by atoms with E-state index in [1.54, 1.807) is 0 Å². The molecule has 0 radical (unpaired) electrons. The highest BCUT2D eigenvalue weighted by molar-refractivity contribution is 6.20. The van der Waals surface area contributed by atoms with E-state index in [2.05, 4.69) is 48.5 Å². The van der Waals surface area contributed by atoms with Gasteiger partial charge in [0, 0.05) is 11.8 Å². The third-order valence-corrected chi connectivity index (χ3v) is 3.97. The van der Waals surface area contributed by atoms with Gasteiger partial charge in [-0.2, -0.15) is 0 Å². The summed E-state index contributed by atoms with van der Waals surface area (Å²) in [6, 6.07) is 16.9. The van der Waals surface area contributed by atoms with E-state index in [9.17, 15) is 0 Å². The van der Waals surface area contributed by atoms with Gasteiger partial charge in [0.15, 0.2) is 0 Å². The van der Waals surface area contributed by atoms with Gasteiger partial charge in [-0.3, -0.25) is 0 Å². The maximum absolute atomic E-state index is 6.08. The molecule has 0 amide bonds. The Balaban J connectivity index is 2.46. The van der Waals surface area contributed by atoms with Crippen molar-refractivity contribution < 1.29 is 0 Å². The second-order valence-corrected chi connectivity index (χ2v) is 4.89. The number of fused-ring (bicyclic) bond motifs is 3. The fourth-order valence-electron chi connectivity index (χ4n) is 2.48. The highest BCUT2D eigenvalue weighted by Gasteiger charge is 2.08. The molecule has 18 heavy (non-hydrogen) atoms. The molecule has 0 atom stereocenters. The van der Waals surface area contributed by atoms with Gasteiger partial charge >= 0.3 is 0 Å². The number of hydrogen-bond acceptors (Lipinski definition) is 0. The van der Waals surface area contributed by atoms with Crippen LogP contribution in [0, 0.1) is 0 Å². The van der Waals surface area contributed by atoms with Crippen molar-refractivity contribution in [3.8, 4) is 0 Å². The Hall–Kier alpha value is -1.24. The zero-order valence-corrected chi connectivity index (χ0v) is 11.3. The van der Waals surface area contributed by atoms with Crippen LogP contribution in [0.15, 0.2) is 48.5 Å². The van der Waals surface area contributed by atoms with Crippen molar-refractivity contribution in [2.45, 2.75) is 11.8 Å².